The van der Waals surface area contributed by atoms with E-state index in [1.807, 2.05) is 25.1 Å². The number of para-hydroxylation sites is 1. The molecule has 0 spiro atoms. The molecule has 1 atom stereocenters. The van der Waals surface area contributed by atoms with E-state index in [0.29, 0.717) is 12.0 Å². The van der Waals surface area contributed by atoms with Gasteiger partial charge < -0.3 is 10.1 Å². The minimum atomic E-state index is 0.311. The van der Waals surface area contributed by atoms with E-state index in [-0.39, 0.29) is 0 Å². The molecule has 0 saturated heterocycles. The Balaban J connectivity index is 2.10. The molecule has 1 aromatic carbocycles. The SMILES string of the molecule is CCOCC(Nc1nc2ccccc2s1)C(C)C. The number of hydrogen-bond donors (Lipinski definition) is 1. The van der Waals surface area contributed by atoms with Crippen LogP contribution < -0.4 is 5.32 Å². The molecule has 0 amide bonds. The molecule has 1 aromatic heterocycles. The number of anilines is 1. The van der Waals surface area contributed by atoms with Crippen LogP contribution in [-0.4, -0.2) is 24.2 Å². The maximum absolute atomic E-state index is 5.52. The Morgan fingerprint density at radius 2 is 2.11 bits per heavy atom. The van der Waals surface area contributed by atoms with Crippen molar-refractivity contribution in [3.05, 3.63) is 24.3 Å². The summed E-state index contributed by atoms with van der Waals surface area (Å²) in [7, 11) is 0. The maximum atomic E-state index is 5.52. The summed E-state index contributed by atoms with van der Waals surface area (Å²) >= 11 is 1.70. The average Bonchev–Trinajstić information content (AvgIpc) is 2.76. The highest BCUT2D eigenvalue weighted by atomic mass is 32.1. The van der Waals surface area contributed by atoms with E-state index in [1.165, 1.54) is 4.70 Å². The highest BCUT2D eigenvalue weighted by Gasteiger charge is 2.15. The molecule has 0 fully saturated rings. The lowest BCUT2D eigenvalue weighted by molar-refractivity contribution is 0.127. The first-order valence-electron chi connectivity index (χ1n) is 6.40. The molecule has 1 heterocycles. The van der Waals surface area contributed by atoms with Gasteiger partial charge in [0.05, 0.1) is 22.9 Å². The van der Waals surface area contributed by atoms with Gasteiger partial charge in [0.25, 0.3) is 0 Å². The monoisotopic (exact) mass is 264 g/mol. The third-order valence-electron chi connectivity index (χ3n) is 2.91. The summed E-state index contributed by atoms with van der Waals surface area (Å²) in [6.07, 6.45) is 0. The lowest BCUT2D eigenvalue weighted by Crippen LogP contribution is -2.30. The molecule has 0 saturated carbocycles. The van der Waals surface area contributed by atoms with Crippen molar-refractivity contribution in [2.45, 2.75) is 26.8 Å². The zero-order valence-corrected chi connectivity index (χ0v) is 12.0. The van der Waals surface area contributed by atoms with Crippen molar-refractivity contribution in [3.8, 4) is 0 Å². The van der Waals surface area contributed by atoms with E-state index in [2.05, 4.69) is 30.2 Å². The van der Waals surface area contributed by atoms with Crippen LogP contribution in [0.25, 0.3) is 10.2 Å². The number of hydrogen-bond acceptors (Lipinski definition) is 4. The number of rotatable bonds is 6. The van der Waals surface area contributed by atoms with E-state index in [9.17, 15) is 0 Å². The van der Waals surface area contributed by atoms with Crippen molar-refractivity contribution in [1.82, 2.24) is 4.98 Å². The molecular formula is C14H20N2OS. The van der Waals surface area contributed by atoms with Gasteiger partial charge in [0, 0.05) is 6.61 Å². The highest BCUT2D eigenvalue weighted by Crippen LogP contribution is 2.26. The van der Waals surface area contributed by atoms with E-state index < -0.39 is 0 Å². The normalized spacial score (nSPS) is 13.1. The zero-order valence-electron chi connectivity index (χ0n) is 11.1. The molecule has 0 bridgehead atoms. The standard InChI is InChI=1S/C14H20N2OS/c1-4-17-9-12(10(2)3)16-14-15-11-7-5-6-8-13(11)18-14/h5-8,10,12H,4,9H2,1-3H3,(H,15,16). The van der Waals surface area contributed by atoms with Crippen LogP contribution in [0.4, 0.5) is 5.13 Å². The van der Waals surface area contributed by atoms with Gasteiger partial charge in [-0.25, -0.2) is 4.98 Å². The van der Waals surface area contributed by atoms with Gasteiger partial charge in [0.2, 0.25) is 0 Å². The van der Waals surface area contributed by atoms with Crippen LogP contribution in [-0.2, 0) is 4.74 Å². The van der Waals surface area contributed by atoms with E-state index in [4.69, 9.17) is 4.74 Å². The van der Waals surface area contributed by atoms with Crippen LogP contribution in [0.15, 0.2) is 24.3 Å². The number of nitrogens with zero attached hydrogens (tertiary/aromatic N) is 1. The maximum Gasteiger partial charge on any atom is 0.184 e. The Labute approximate surface area is 112 Å². The van der Waals surface area contributed by atoms with Gasteiger partial charge >= 0.3 is 0 Å². The topological polar surface area (TPSA) is 34.1 Å². The second kappa shape index (κ2) is 6.16. The summed E-state index contributed by atoms with van der Waals surface area (Å²) in [5.41, 5.74) is 1.06. The van der Waals surface area contributed by atoms with Gasteiger partial charge in [0.1, 0.15) is 0 Å². The van der Waals surface area contributed by atoms with Crippen LogP contribution in [0, 0.1) is 5.92 Å². The summed E-state index contributed by atoms with van der Waals surface area (Å²) in [5.74, 6) is 0.517. The third-order valence-corrected chi connectivity index (χ3v) is 3.88. The van der Waals surface area contributed by atoms with Crippen LogP contribution in [0.5, 0.6) is 0 Å². The van der Waals surface area contributed by atoms with Gasteiger partial charge in [-0.2, -0.15) is 0 Å². The van der Waals surface area contributed by atoms with Crippen molar-refractivity contribution in [1.29, 1.82) is 0 Å². The number of aromatic nitrogens is 1. The van der Waals surface area contributed by atoms with Crippen LogP contribution in [0.3, 0.4) is 0 Å². The van der Waals surface area contributed by atoms with E-state index in [1.54, 1.807) is 11.3 Å². The fourth-order valence-electron chi connectivity index (χ4n) is 1.74. The number of nitrogens with one attached hydrogen (secondary N) is 1. The molecule has 1 N–H and O–H groups in total. The van der Waals surface area contributed by atoms with Crippen LogP contribution in [0.1, 0.15) is 20.8 Å². The summed E-state index contributed by atoms with van der Waals surface area (Å²) < 4.78 is 6.74. The van der Waals surface area contributed by atoms with Gasteiger partial charge in [-0.3, -0.25) is 0 Å². The van der Waals surface area contributed by atoms with Crippen molar-refractivity contribution in [2.75, 3.05) is 18.5 Å². The third kappa shape index (κ3) is 3.21. The summed E-state index contributed by atoms with van der Waals surface area (Å²) in [6.45, 7) is 7.90. The largest absolute Gasteiger partial charge is 0.380 e. The average molecular weight is 264 g/mol. The zero-order chi connectivity index (χ0) is 13.0. The van der Waals surface area contributed by atoms with Gasteiger partial charge in [-0.1, -0.05) is 37.3 Å². The van der Waals surface area contributed by atoms with E-state index >= 15 is 0 Å². The molecule has 0 aliphatic heterocycles. The molecule has 98 valence electrons. The molecule has 0 aliphatic rings. The van der Waals surface area contributed by atoms with Crippen molar-refractivity contribution in [2.24, 2.45) is 5.92 Å². The number of fused-ring (bicyclic) bond motifs is 1. The lowest BCUT2D eigenvalue weighted by atomic mass is 10.1. The first-order valence-corrected chi connectivity index (χ1v) is 7.22. The summed E-state index contributed by atoms with van der Waals surface area (Å²) in [6, 6.07) is 8.52. The number of ether oxygens (including phenoxy) is 1. The minimum absolute atomic E-state index is 0.311. The Kier molecular flexibility index (Phi) is 4.55. The Morgan fingerprint density at radius 1 is 1.33 bits per heavy atom. The summed E-state index contributed by atoms with van der Waals surface area (Å²) in [5, 5.41) is 4.47. The second-order valence-electron chi connectivity index (χ2n) is 4.64. The fraction of sp³-hybridized carbons (Fsp3) is 0.500. The van der Waals surface area contributed by atoms with Crippen molar-refractivity contribution in [3.63, 3.8) is 0 Å². The minimum Gasteiger partial charge on any atom is -0.380 e. The van der Waals surface area contributed by atoms with Crippen molar-refractivity contribution >= 4 is 26.7 Å². The predicted octanol–water partition coefficient (Wildman–Crippen LogP) is 3.77. The van der Waals surface area contributed by atoms with Gasteiger partial charge in [0.15, 0.2) is 5.13 Å². The molecule has 0 aliphatic carbocycles. The Hall–Kier alpha value is -1.13. The molecule has 0 radical (unpaired) electrons. The number of thiazole rings is 1. The Bertz CT molecular complexity index is 462. The quantitative estimate of drug-likeness (QED) is 0.862. The molecule has 3 nitrogen and oxygen atoms in total. The Morgan fingerprint density at radius 3 is 2.78 bits per heavy atom. The highest BCUT2D eigenvalue weighted by molar-refractivity contribution is 7.22. The molecule has 4 heteroatoms. The second-order valence-corrected chi connectivity index (χ2v) is 5.67. The molecule has 18 heavy (non-hydrogen) atoms. The fourth-order valence-corrected chi connectivity index (χ4v) is 2.67. The van der Waals surface area contributed by atoms with Gasteiger partial charge in [-0.05, 0) is 25.0 Å². The lowest BCUT2D eigenvalue weighted by Gasteiger charge is -2.21. The number of benzene rings is 1. The molecular weight excluding hydrogens is 244 g/mol. The van der Waals surface area contributed by atoms with Crippen LogP contribution >= 0.6 is 11.3 Å². The summed E-state index contributed by atoms with van der Waals surface area (Å²) in [4.78, 5) is 4.59. The van der Waals surface area contributed by atoms with Crippen molar-refractivity contribution < 1.29 is 4.74 Å². The first-order chi connectivity index (χ1) is 8.70. The smallest absolute Gasteiger partial charge is 0.184 e. The molecule has 1 unspecified atom stereocenters. The predicted molar refractivity (Wildman–Crippen MR) is 78.4 cm³/mol. The first kappa shape index (κ1) is 13.3. The molecule has 2 aromatic rings. The van der Waals surface area contributed by atoms with E-state index in [0.717, 1.165) is 23.9 Å². The van der Waals surface area contributed by atoms with Crippen LogP contribution in [0.2, 0.25) is 0 Å². The van der Waals surface area contributed by atoms with Gasteiger partial charge in [-0.15, -0.1) is 0 Å². The molecule has 2 rings (SSSR count).